The maximum atomic E-state index is 12.3. The van der Waals surface area contributed by atoms with E-state index in [2.05, 4.69) is 10.3 Å². The highest BCUT2D eigenvalue weighted by atomic mass is 16.5. The van der Waals surface area contributed by atoms with Gasteiger partial charge in [-0.3, -0.25) is 9.69 Å². The fraction of sp³-hybridized carbons (Fsp3) is 0.353. The van der Waals surface area contributed by atoms with Crippen LogP contribution < -0.4 is 5.32 Å². The number of imide groups is 1. The maximum absolute atomic E-state index is 12.3. The Morgan fingerprint density at radius 1 is 1.25 bits per heavy atom. The molecule has 2 heterocycles. The highest BCUT2D eigenvalue weighted by molar-refractivity contribution is 6.00. The van der Waals surface area contributed by atoms with Gasteiger partial charge in [-0.15, -0.1) is 0 Å². The summed E-state index contributed by atoms with van der Waals surface area (Å²) in [7, 11) is 0. The van der Waals surface area contributed by atoms with E-state index < -0.39 is 24.0 Å². The van der Waals surface area contributed by atoms with E-state index in [1.807, 2.05) is 26.0 Å². The van der Waals surface area contributed by atoms with Crippen molar-refractivity contribution in [3.8, 4) is 0 Å². The molecule has 0 radical (unpaired) electrons. The number of benzene rings is 1. The minimum Gasteiger partial charge on any atom is -0.448 e. The number of amides is 3. The molecule has 0 saturated carbocycles. The lowest BCUT2D eigenvalue weighted by atomic mass is 10.1. The van der Waals surface area contributed by atoms with E-state index in [1.54, 1.807) is 6.07 Å². The molecular formula is C17H19N3O4. The zero-order valence-corrected chi connectivity index (χ0v) is 13.8. The number of ether oxygens (including phenoxy) is 1. The molecule has 1 aromatic heterocycles. The molecule has 3 amide bonds. The maximum Gasteiger partial charge on any atom is 0.355 e. The number of aryl methyl sites for hydroxylation is 2. The number of urea groups is 1. The molecule has 1 atom stereocenters. The van der Waals surface area contributed by atoms with Crippen molar-refractivity contribution in [1.29, 1.82) is 0 Å². The number of aromatic amines is 1. The molecule has 1 aliphatic rings. The van der Waals surface area contributed by atoms with Crippen LogP contribution in [0, 0.1) is 13.8 Å². The number of H-pyrrole nitrogens is 1. The van der Waals surface area contributed by atoms with Gasteiger partial charge < -0.3 is 15.0 Å². The van der Waals surface area contributed by atoms with Crippen molar-refractivity contribution in [2.75, 3.05) is 13.1 Å². The van der Waals surface area contributed by atoms with Crippen molar-refractivity contribution in [2.24, 2.45) is 0 Å². The summed E-state index contributed by atoms with van der Waals surface area (Å²) in [4.78, 5) is 40.1. The van der Waals surface area contributed by atoms with Crippen LogP contribution >= 0.6 is 0 Å². The monoisotopic (exact) mass is 329 g/mol. The van der Waals surface area contributed by atoms with Gasteiger partial charge in [0, 0.05) is 24.0 Å². The van der Waals surface area contributed by atoms with Gasteiger partial charge in [-0.05, 0) is 44.0 Å². The van der Waals surface area contributed by atoms with Crippen LogP contribution in [0.25, 0.3) is 10.9 Å². The molecule has 126 valence electrons. The number of fused-ring (bicyclic) bond motifs is 1. The Hall–Kier alpha value is -2.83. The van der Waals surface area contributed by atoms with E-state index in [9.17, 15) is 14.4 Å². The predicted octanol–water partition coefficient (Wildman–Crippen LogP) is 1.88. The minimum absolute atomic E-state index is 0.282. The van der Waals surface area contributed by atoms with Crippen LogP contribution in [0.1, 0.15) is 28.5 Å². The number of esters is 1. The molecule has 0 bridgehead atoms. The van der Waals surface area contributed by atoms with Crippen LogP contribution in [0.3, 0.4) is 0 Å². The molecule has 7 heteroatoms. The Bertz CT molecular complexity index is 840. The van der Waals surface area contributed by atoms with E-state index in [-0.39, 0.29) is 12.2 Å². The molecule has 0 aliphatic carbocycles. The Kier molecular flexibility index (Phi) is 4.01. The van der Waals surface area contributed by atoms with Crippen molar-refractivity contribution in [3.63, 3.8) is 0 Å². The zero-order valence-electron chi connectivity index (χ0n) is 13.8. The lowest BCUT2D eigenvalue weighted by Crippen LogP contribution is -2.41. The lowest BCUT2D eigenvalue weighted by Gasteiger charge is -2.17. The smallest absolute Gasteiger partial charge is 0.355 e. The number of aromatic nitrogens is 1. The molecule has 1 aromatic carbocycles. The number of carbonyl (C=O) groups excluding carboxylic acids is 3. The highest BCUT2D eigenvalue weighted by Crippen LogP contribution is 2.22. The van der Waals surface area contributed by atoms with Crippen molar-refractivity contribution < 1.29 is 19.1 Å². The van der Waals surface area contributed by atoms with Crippen molar-refractivity contribution in [2.45, 2.75) is 26.9 Å². The van der Waals surface area contributed by atoms with Gasteiger partial charge >= 0.3 is 12.0 Å². The topological polar surface area (TPSA) is 91.5 Å². The van der Waals surface area contributed by atoms with Crippen molar-refractivity contribution in [3.05, 3.63) is 35.0 Å². The average Bonchev–Trinajstić information content (AvgIpc) is 3.12. The third kappa shape index (κ3) is 2.84. The fourth-order valence-electron chi connectivity index (χ4n) is 2.89. The average molecular weight is 329 g/mol. The Morgan fingerprint density at radius 3 is 2.67 bits per heavy atom. The van der Waals surface area contributed by atoms with Crippen LogP contribution in [0.15, 0.2) is 18.2 Å². The number of nitrogens with zero attached hydrogens (tertiary/aromatic N) is 1. The first-order valence-corrected chi connectivity index (χ1v) is 7.77. The molecule has 1 unspecified atom stereocenters. The molecule has 1 saturated heterocycles. The first-order chi connectivity index (χ1) is 11.4. The second kappa shape index (κ2) is 5.99. The second-order valence-electron chi connectivity index (χ2n) is 6.00. The first-order valence-electron chi connectivity index (χ1n) is 7.77. The molecule has 1 aliphatic heterocycles. The first kappa shape index (κ1) is 16.0. The summed E-state index contributed by atoms with van der Waals surface area (Å²) in [5.41, 5.74) is 3.27. The SMILES string of the molecule is Cc1cc(C)c2cc(C(=O)OC(C)C(=O)N3CCNC3=O)[nH]c2c1. The Balaban J connectivity index is 1.76. The number of hydrogen-bond donors (Lipinski definition) is 2. The molecule has 2 aromatic rings. The fourth-order valence-corrected chi connectivity index (χ4v) is 2.89. The Labute approximate surface area is 139 Å². The summed E-state index contributed by atoms with van der Waals surface area (Å²) in [6, 6.07) is 5.23. The molecule has 2 N–H and O–H groups in total. The summed E-state index contributed by atoms with van der Waals surface area (Å²) in [5, 5.41) is 3.47. The van der Waals surface area contributed by atoms with E-state index in [4.69, 9.17) is 4.74 Å². The Morgan fingerprint density at radius 2 is 2.00 bits per heavy atom. The molecule has 24 heavy (non-hydrogen) atoms. The number of rotatable bonds is 3. The van der Waals surface area contributed by atoms with Gasteiger partial charge in [-0.1, -0.05) is 6.07 Å². The quantitative estimate of drug-likeness (QED) is 0.841. The van der Waals surface area contributed by atoms with Crippen LogP contribution in [0.5, 0.6) is 0 Å². The molecule has 7 nitrogen and oxygen atoms in total. The highest BCUT2D eigenvalue weighted by Gasteiger charge is 2.32. The van der Waals surface area contributed by atoms with Crippen molar-refractivity contribution >= 4 is 28.8 Å². The van der Waals surface area contributed by atoms with Gasteiger partial charge in [0.25, 0.3) is 5.91 Å². The van der Waals surface area contributed by atoms with Gasteiger partial charge in [0.05, 0.1) is 0 Å². The normalized spacial score (nSPS) is 15.5. The van der Waals surface area contributed by atoms with Crippen molar-refractivity contribution in [1.82, 2.24) is 15.2 Å². The predicted molar refractivity (Wildman–Crippen MR) is 87.8 cm³/mol. The van der Waals surface area contributed by atoms with Gasteiger partial charge in [-0.2, -0.15) is 0 Å². The largest absolute Gasteiger partial charge is 0.448 e. The summed E-state index contributed by atoms with van der Waals surface area (Å²) < 4.78 is 5.22. The standard InChI is InChI=1S/C17H19N3O4/c1-9-6-10(2)12-8-14(19-13(12)7-9)16(22)24-11(3)15(21)20-5-4-18-17(20)23/h6-8,11,19H,4-5H2,1-3H3,(H,18,23). The van der Waals surface area contributed by atoms with Gasteiger partial charge in [0.15, 0.2) is 6.10 Å². The van der Waals surface area contributed by atoms with Crippen LogP contribution in [0.4, 0.5) is 4.79 Å². The van der Waals surface area contributed by atoms with E-state index >= 15 is 0 Å². The summed E-state index contributed by atoms with van der Waals surface area (Å²) in [5.74, 6) is -1.15. The molecule has 3 rings (SSSR count). The number of nitrogens with one attached hydrogen (secondary N) is 2. The van der Waals surface area contributed by atoms with Crippen LogP contribution in [0.2, 0.25) is 0 Å². The van der Waals surface area contributed by atoms with Gasteiger partial charge in [0.1, 0.15) is 5.69 Å². The second-order valence-corrected chi connectivity index (χ2v) is 6.00. The third-order valence-corrected chi connectivity index (χ3v) is 4.06. The third-order valence-electron chi connectivity index (χ3n) is 4.06. The molecule has 0 spiro atoms. The van der Waals surface area contributed by atoms with Gasteiger partial charge in [-0.25, -0.2) is 9.59 Å². The number of hydrogen-bond acceptors (Lipinski definition) is 4. The summed E-state index contributed by atoms with van der Waals surface area (Å²) in [6.07, 6.45) is -1.03. The van der Waals surface area contributed by atoms with E-state index in [0.717, 1.165) is 26.9 Å². The van der Waals surface area contributed by atoms with E-state index in [0.29, 0.717) is 6.54 Å². The molecule has 1 fully saturated rings. The zero-order chi connectivity index (χ0) is 17.4. The van der Waals surface area contributed by atoms with Gasteiger partial charge in [0.2, 0.25) is 0 Å². The minimum atomic E-state index is -1.03. The number of carbonyl (C=O) groups is 3. The summed E-state index contributed by atoms with van der Waals surface area (Å²) in [6.45, 7) is 6.10. The lowest BCUT2D eigenvalue weighted by molar-refractivity contribution is -0.136. The molecular weight excluding hydrogens is 310 g/mol. The van der Waals surface area contributed by atoms with Crippen LogP contribution in [-0.2, 0) is 9.53 Å². The van der Waals surface area contributed by atoms with Crippen LogP contribution in [-0.4, -0.2) is 47.0 Å². The summed E-state index contributed by atoms with van der Waals surface area (Å²) >= 11 is 0. The van der Waals surface area contributed by atoms with E-state index in [1.165, 1.54) is 6.92 Å².